The molecule has 0 aliphatic rings. The monoisotopic (exact) mass is 442 g/mol. The fraction of sp³-hybridized carbons (Fsp3) is 0.250. The maximum atomic E-state index is 12.5. The molecule has 2 aromatic carbocycles. The normalized spacial score (nSPS) is 11.5. The molecule has 0 saturated carbocycles. The highest BCUT2D eigenvalue weighted by Gasteiger charge is 2.17. The fourth-order valence-electron chi connectivity index (χ4n) is 2.73. The third kappa shape index (κ3) is 7.07. The van der Waals surface area contributed by atoms with E-state index in [2.05, 4.69) is 10.3 Å². The topological polar surface area (TPSA) is 80.7 Å². The van der Waals surface area contributed by atoms with Crippen molar-refractivity contribution in [2.24, 2.45) is 0 Å². The molecule has 1 unspecified atom stereocenters. The predicted octanol–water partition coefficient (Wildman–Crippen LogP) is 4.85. The number of hydrogen-bond acceptors (Lipinski definition) is 6. The van der Waals surface area contributed by atoms with E-state index in [9.17, 15) is 9.90 Å². The number of halogens is 1. The molecule has 1 aromatic heterocycles. The highest BCUT2D eigenvalue weighted by Crippen LogP contribution is 2.34. The molecule has 0 fully saturated rings. The zero-order valence-corrected chi connectivity index (χ0v) is 18.6. The van der Waals surface area contributed by atoms with Crippen LogP contribution in [0.4, 0.5) is 0 Å². The van der Waals surface area contributed by atoms with Crippen molar-refractivity contribution in [2.45, 2.75) is 32.9 Å². The van der Waals surface area contributed by atoms with Crippen LogP contribution in [0.2, 0.25) is 0 Å². The zero-order valence-electron chi connectivity index (χ0n) is 17.7. The molecule has 0 radical (unpaired) electrons. The lowest BCUT2D eigenvalue weighted by atomic mass is 10.1. The summed E-state index contributed by atoms with van der Waals surface area (Å²) in [5.41, 5.74) is 1.91. The minimum atomic E-state index is -0.756. The van der Waals surface area contributed by atoms with E-state index < -0.39 is 12.1 Å². The van der Waals surface area contributed by atoms with Crippen LogP contribution in [0.5, 0.6) is 17.2 Å². The van der Waals surface area contributed by atoms with Gasteiger partial charge in [-0.2, -0.15) is 0 Å². The van der Waals surface area contributed by atoms with Gasteiger partial charge in [0.2, 0.25) is 0 Å². The molecular formula is C24H27ClN2O4. The molecule has 0 aliphatic carbocycles. The van der Waals surface area contributed by atoms with Crippen molar-refractivity contribution >= 4 is 18.4 Å². The third-order valence-electron chi connectivity index (χ3n) is 4.40. The first-order chi connectivity index (χ1) is 14.4. The second kappa shape index (κ2) is 11.5. The number of nitrogens with zero attached hydrogens (tertiary/aromatic N) is 1. The molecule has 2 N–H and O–H groups in total. The van der Waals surface area contributed by atoms with Gasteiger partial charge in [-0.3, -0.25) is 0 Å². The zero-order chi connectivity index (χ0) is 21.5. The Kier molecular flexibility index (Phi) is 9.00. The van der Waals surface area contributed by atoms with Crippen molar-refractivity contribution in [1.82, 2.24) is 10.3 Å². The summed E-state index contributed by atoms with van der Waals surface area (Å²) < 4.78 is 11.5. The summed E-state index contributed by atoms with van der Waals surface area (Å²) in [6.07, 6.45) is 0.769. The molecular weight excluding hydrogens is 416 g/mol. The van der Waals surface area contributed by atoms with Crippen LogP contribution in [0, 0.1) is 6.92 Å². The van der Waals surface area contributed by atoms with Crippen LogP contribution in [-0.2, 0) is 0 Å². The summed E-state index contributed by atoms with van der Waals surface area (Å²) in [6.45, 7) is 6.38. The van der Waals surface area contributed by atoms with Crippen molar-refractivity contribution in [3.8, 4) is 17.2 Å². The Hall–Kier alpha value is -2.93. The number of pyridine rings is 1. The molecule has 1 heterocycles. The molecule has 3 aromatic rings. The molecule has 0 aliphatic heterocycles. The Bertz CT molecular complexity index is 979. The summed E-state index contributed by atoms with van der Waals surface area (Å²) in [5.74, 6) is 0.602. The molecule has 7 heteroatoms. The van der Waals surface area contributed by atoms with Gasteiger partial charge >= 0.3 is 5.97 Å². The molecule has 3 rings (SSSR count). The van der Waals surface area contributed by atoms with Crippen LogP contribution in [0.3, 0.4) is 0 Å². The molecule has 1 atom stereocenters. The number of aromatic nitrogens is 1. The number of aryl methyl sites for hydroxylation is 1. The highest BCUT2D eigenvalue weighted by atomic mass is 35.5. The first-order valence-corrected chi connectivity index (χ1v) is 9.85. The van der Waals surface area contributed by atoms with E-state index in [4.69, 9.17) is 9.47 Å². The van der Waals surface area contributed by atoms with Crippen LogP contribution < -0.4 is 14.8 Å². The lowest BCUT2D eigenvalue weighted by molar-refractivity contribution is 0.0723. The summed E-state index contributed by atoms with van der Waals surface area (Å²) in [6, 6.07) is 17.9. The largest absolute Gasteiger partial charge is 0.453 e. The van der Waals surface area contributed by atoms with E-state index in [1.54, 1.807) is 36.4 Å². The number of esters is 1. The number of aliphatic hydroxyl groups excluding tert-OH is 1. The Morgan fingerprint density at radius 2 is 1.81 bits per heavy atom. The first-order valence-electron chi connectivity index (χ1n) is 9.85. The van der Waals surface area contributed by atoms with Crippen molar-refractivity contribution < 1.29 is 19.4 Å². The van der Waals surface area contributed by atoms with Gasteiger partial charge in [-0.25, -0.2) is 9.78 Å². The van der Waals surface area contributed by atoms with Crippen LogP contribution in [0.25, 0.3) is 0 Å². The van der Waals surface area contributed by atoms with Gasteiger partial charge in [-0.1, -0.05) is 43.7 Å². The average Bonchev–Trinajstić information content (AvgIpc) is 2.75. The molecule has 164 valence electrons. The summed E-state index contributed by atoms with van der Waals surface area (Å²) in [4.78, 5) is 16.6. The Morgan fingerprint density at radius 1 is 1.06 bits per heavy atom. The smallest absolute Gasteiger partial charge is 0.362 e. The molecule has 0 spiro atoms. The van der Waals surface area contributed by atoms with Gasteiger partial charge < -0.3 is 19.9 Å². The number of carbonyl (C=O) groups is 1. The third-order valence-corrected chi connectivity index (χ3v) is 4.40. The fourth-order valence-corrected chi connectivity index (χ4v) is 2.73. The number of aliphatic hydroxyl groups is 1. The van der Waals surface area contributed by atoms with E-state index in [1.807, 2.05) is 45.0 Å². The van der Waals surface area contributed by atoms with Crippen LogP contribution in [0.1, 0.15) is 41.6 Å². The van der Waals surface area contributed by atoms with Gasteiger partial charge in [0, 0.05) is 18.8 Å². The number of hydrogen-bond donors (Lipinski definition) is 2. The van der Waals surface area contributed by atoms with Gasteiger partial charge in [0.25, 0.3) is 0 Å². The van der Waals surface area contributed by atoms with E-state index in [-0.39, 0.29) is 29.9 Å². The summed E-state index contributed by atoms with van der Waals surface area (Å²) in [5, 5.41) is 13.7. The van der Waals surface area contributed by atoms with E-state index in [0.29, 0.717) is 23.6 Å². The van der Waals surface area contributed by atoms with Gasteiger partial charge in [0.15, 0.2) is 11.5 Å². The lowest BCUT2D eigenvalue weighted by Gasteiger charge is -2.17. The number of carbonyl (C=O) groups excluding carboxylic acids is 1. The van der Waals surface area contributed by atoms with E-state index >= 15 is 0 Å². The molecule has 0 bridgehead atoms. The van der Waals surface area contributed by atoms with Crippen molar-refractivity contribution in [3.63, 3.8) is 0 Å². The van der Waals surface area contributed by atoms with Crippen LogP contribution in [-0.4, -0.2) is 28.6 Å². The van der Waals surface area contributed by atoms with Gasteiger partial charge in [-0.05, 0) is 48.9 Å². The lowest BCUT2D eigenvalue weighted by Crippen LogP contribution is -2.27. The SMILES string of the molecule is Cc1ccc(Oc2ccc(C(O)CNC(C)C)cc2OC(=O)c2ccccn2)cc1.Cl. The summed E-state index contributed by atoms with van der Waals surface area (Å²) >= 11 is 0. The second-order valence-corrected chi connectivity index (χ2v) is 7.30. The average molecular weight is 443 g/mol. The minimum Gasteiger partial charge on any atom is -0.453 e. The van der Waals surface area contributed by atoms with Crippen molar-refractivity contribution in [3.05, 3.63) is 83.7 Å². The van der Waals surface area contributed by atoms with Crippen LogP contribution >= 0.6 is 12.4 Å². The number of rotatable bonds is 8. The summed E-state index contributed by atoms with van der Waals surface area (Å²) in [7, 11) is 0. The second-order valence-electron chi connectivity index (χ2n) is 7.30. The van der Waals surface area contributed by atoms with Crippen molar-refractivity contribution in [2.75, 3.05) is 6.54 Å². The van der Waals surface area contributed by atoms with Gasteiger partial charge in [-0.15, -0.1) is 12.4 Å². The number of benzene rings is 2. The highest BCUT2D eigenvalue weighted by molar-refractivity contribution is 5.89. The quantitative estimate of drug-likeness (QED) is 0.383. The molecule has 6 nitrogen and oxygen atoms in total. The molecule has 0 amide bonds. The maximum absolute atomic E-state index is 12.5. The minimum absolute atomic E-state index is 0. The first kappa shape index (κ1) is 24.3. The number of nitrogens with one attached hydrogen (secondary N) is 1. The standard InChI is InChI=1S/C24H26N2O4.ClH/c1-16(2)26-15-21(27)18-9-12-22(29-19-10-7-17(3)8-11-19)23(14-18)30-24(28)20-6-4-5-13-25-20;/h4-14,16,21,26-27H,15H2,1-3H3;1H. The van der Waals surface area contributed by atoms with Crippen molar-refractivity contribution in [1.29, 1.82) is 0 Å². The molecule has 31 heavy (non-hydrogen) atoms. The predicted molar refractivity (Wildman–Crippen MR) is 122 cm³/mol. The Morgan fingerprint density at radius 3 is 2.45 bits per heavy atom. The number of ether oxygens (including phenoxy) is 2. The van der Waals surface area contributed by atoms with Gasteiger partial charge in [0.1, 0.15) is 11.4 Å². The maximum Gasteiger partial charge on any atom is 0.362 e. The molecule has 0 saturated heterocycles. The van der Waals surface area contributed by atoms with Gasteiger partial charge in [0.05, 0.1) is 6.10 Å². The van der Waals surface area contributed by atoms with E-state index in [0.717, 1.165) is 5.56 Å². The Labute approximate surface area is 188 Å². The van der Waals surface area contributed by atoms with E-state index in [1.165, 1.54) is 6.20 Å². The van der Waals surface area contributed by atoms with Crippen LogP contribution in [0.15, 0.2) is 66.9 Å². The Balaban J connectivity index is 0.00000341.